The van der Waals surface area contributed by atoms with Crippen LogP contribution < -0.4 is 14.6 Å². The molecule has 0 saturated carbocycles. The average Bonchev–Trinajstić information content (AvgIpc) is 2.03. The summed E-state index contributed by atoms with van der Waals surface area (Å²) >= 11 is 0. The molecule has 5 nitrogen and oxygen atoms in total. The van der Waals surface area contributed by atoms with Crippen LogP contribution in [0, 0.1) is 0 Å². The Morgan fingerprint density at radius 2 is 1.69 bits per heavy atom. The van der Waals surface area contributed by atoms with Crippen LogP contribution in [0.15, 0.2) is 24.3 Å². The molecule has 0 radical (unpaired) electrons. The molecule has 0 aliphatic carbocycles. The lowest BCUT2D eigenvalue weighted by Gasteiger charge is -2.09. The summed E-state index contributed by atoms with van der Waals surface area (Å²) in [4.78, 5) is 0. The molecule has 0 heterocycles. The molecule has 9 heteroatoms. The Bertz CT molecular complexity index is 455. The maximum absolute atomic E-state index is 11.8. The van der Waals surface area contributed by atoms with Gasteiger partial charge in [0.15, 0.2) is 0 Å². The van der Waals surface area contributed by atoms with Gasteiger partial charge in [-0.3, -0.25) is 4.72 Å². The van der Waals surface area contributed by atoms with Gasteiger partial charge in [0.1, 0.15) is 5.75 Å². The summed E-state index contributed by atoms with van der Waals surface area (Å²) < 4.78 is 61.9. The van der Waals surface area contributed by atoms with Crippen LogP contribution >= 0.6 is 0 Å². The second-order valence-electron chi connectivity index (χ2n) is 2.72. The minimum atomic E-state index is -4.78. The van der Waals surface area contributed by atoms with Crippen LogP contribution in [0.25, 0.3) is 0 Å². The van der Waals surface area contributed by atoms with Crippen LogP contribution in [0.5, 0.6) is 5.75 Å². The van der Waals surface area contributed by atoms with Gasteiger partial charge in [0.25, 0.3) is 10.2 Å². The average molecular weight is 256 g/mol. The van der Waals surface area contributed by atoms with Gasteiger partial charge in [-0.15, -0.1) is 13.2 Å². The summed E-state index contributed by atoms with van der Waals surface area (Å²) in [6.45, 7) is 0. The van der Waals surface area contributed by atoms with Crippen LogP contribution in [-0.4, -0.2) is 14.8 Å². The van der Waals surface area contributed by atoms with Gasteiger partial charge in [-0.2, -0.15) is 8.42 Å². The Morgan fingerprint density at radius 3 is 2.06 bits per heavy atom. The van der Waals surface area contributed by atoms with Crippen LogP contribution in [0.3, 0.4) is 0 Å². The smallest absolute Gasteiger partial charge is 0.406 e. The number of nitrogens with two attached hydrogens (primary N) is 1. The zero-order valence-corrected chi connectivity index (χ0v) is 8.47. The van der Waals surface area contributed by atoms with Gasteiger partial charge in [0, 0.05) is 5.69 Å². The Balaban J connectivity index is 2.76. The molecule has 1 aromatic rings. The summed E-state index contributed by atoms with van der Waals surface area (Å²) in [5, 5.41) is 4.66. The van der Waals surface area contributed by atoms with Crippen molar-refractivity contribution in [3.8, 4) is 5.75 Å². The van der Waals surface area contributed by atoms with E-state index in [-0.39, 0.29) is 5.69 Å². The van der Waals surface area contributed by atoms with Gasteiger partial charge in [-0.25, -0.2) is 5.14 Å². The maximum Gasteiger partial charge on any atom is 0.573 e. The fourth-order valence-electron chi connectivity index (χ4n) is 0.889. The van der Waals surface area contributed by atoms with E-state index >= 15 is 0 Å². The van der Waals surface area contributed by atoms with E-state index in [1.54, 1.807) is 0 Å². The molecule has 0 saturated heterocycles. The lowest BCUT2D eigenvalue weighted by Crippen LogP contribution is -2.21. The molecule has 1 aromatic carbocycles. The minimum absolute atomic E-state index is 0.0389. The molecule has 0 atom stereocenters. The number of ether oxygens (including phenoxy) is 1. The molecule has 0 aliphatic rings. The van der Waals surface area contributed by atoms with E-state index in [0.717, 1.165) is 24.3 Å². The molecule has 0 aromatic heterocycles. The predicted octanol–water partition coefficient (Wildman–Crippen LogP) is 1.20. The highest BCUT2D eigenvalue weighted by atomic mass is 32.2. The molecule has 90 valence electrons. The fourth-order valence-corrected chi connectivity index (χ4v) is 1.35. The molecule has 0 aliphatic heterocycles. The van der Waals surface area contributed by atoms with Crippen molar-refractivity contribution in [2.45, 2.75) is 6.36 Å². The summed E-state index contributed by atoms with van der Waals surface area (Å²) in [7, 11) is -3.94. The molecule has 16 heavy (non-hydrogen) atoms. The molecule has 0 spiro atoms. The zero-order chi connectivity index (χ0) is 12.4. The second kappa shape index (κ2) is 4.18. The fraction of sp³-hybridized carbons (Fsp3) is 0.143. The van der Waals surface area contributed by atoms with Gasteiger partial charge in [-0.1, -0.05) is 0 Å². The summed E-state index contributed by atoms with van der Waals surface area (Å²) in [6, 6.07) is 4.10. The van der Waals surface area contributed by atoms with Crippen LogP contribution in [0.4, 0.5) is 18.9 Å². The number of alkyl halides is 3. The van der Waals surface area contributed by atoms with Gasteiger partial charge in [0.2, 0.25) is 0 Å². The molecule has 3 N–H and O–H groups in total. The Labute approximate surface area is 89.2 Å². The van der Waals surface area contributed by atoms with E-state index in [0.29, 0.717) is 0 Å². The van der Waals surface area contributed by atoms with E-state index in [4.69, 9.17) is 0 Å². The number of hydrogen-bond acceptors (Lipinski definition) is 3. The van der Waals surface area contributed by atoms with E-state index in [9.17, 15) is 21.6 Å². The first-order chi connectivity index (χ1) is 7.16. The number of anilines is 1. The van der Waals surface area contributed by atoms with Crippen molar-refractivity contribution in [2.24, 2.45) is 5.14 Å². The first kappa shape index (κ1) is 12.6. The van der Waals surface area contributed by atoms with Crippen molar-refractivity contribution in [3.05, 3.63) is 24.3 Å². The SMILES string of the molecule is NS(=O)(=O)Nc1ccc(OC(F)(F)F)cc1. The quantitative estimate of drug-likeness (QED) is 0.852. The molecule has 0 unspecified atom stereocenters. The summed E-state index contributed by atoms with van der Waals surface area (Å²) in [5.41, 5.74) is 0.0389. The first-order valence-corrected chi connectivity index (χ1v) is 5.37. The van der Waals surface area contributed by atoms with E-state index < -0.39 is 22.3 Å². The third kappa shape index (κ3) is 4.84. The van der Waals surface area contributed by atoms with Crippen LogP contribution in [0.2, 0.25) is 0 Å². The number of rotatable bonds is 3. The third-order valence-electron chi connectivity index (χ3n) is 1.35. The number of hydrogen-bond donors (Lipinski definition) is 2. The highest BCUT2D eigenvalue weighted by molar-refractivity contribution is 7.90. The Morgan fingerprint density at radius 1 is 1.19 bits per heavy atom. The van der Waals surface area contributed by atoms with Crippen molar-refractivity contribution in [1.29, 1.82) is 0 Å². The van der Waals surface area contributed by atoms with Gasteiger partial charge in [0.05, 0.1) is 0 Å². The summed E-state index contributed by atoms with van der Waals surface area (Å²) in [5.74, 6) is -0.451. The number of halogens is 3. The monoisotopic (exact) mass is 256 g/mol. The van der Waals surface area contributed by atoms with Crippen molar-refractivity contribution >= 4 is 15.9 Å². The maximum atomic E-state index is 11.8. The molecular formula is C7H7F3N2O3S. The lowest BCUT2D eigenvalue weighted by atomic mass is 10.3. The van der Waals surface area contributed by atoms with Crippen LogP contribution in [-0.2, 0) is 10.2 Å². The van der Waals surface area contributed by atoms with E-state index in [2.05, 4.69) is 9.88 Å². The topological polar surface area (TPSA) is 81.4 Å². The first-order valence-electron chi connectivity index (χ1n) is 3.82. The third-order valence-corrected chi connectivity index (χ3v) is 1.87. The number of nitrogens with one attached hydrogen (secondary N) is 1. The number of benzene rings is 1. The highest BCUT2D eigenvalue weighted by Gasteiger charge is 2.30. The normalized spacial score (nSPS) is 12.2. The second-order valence-corrected chi connectivity index (χ2v) is 4.01. The Hall–Kier alpha value is -1.48. The zero-order valence-electron chi connectivity index (χ0n) is 7.65. The molecule has 0 amide bonds. The largest absolute Gasteiger partial charge is 0.573 e. The molecular weight excluding hydrogens is 249 g/mol. The van der Waals surface area contributed by atoms with Gasteiger partial charge in [-0.05, 0) is 24.3 Å². The summed E-state index contributed by atoms with van der Waals surface area (Å²) in [6.07, 6.45) is -4.78. The van der Waals surface area contributed by atoms with Crippen molar-refractivity contribution in [2.75, 3.05) is 4.72 Å². The molecule has 0 bridgehead atoms. The standard InChI is InChI=1S/C7H7F3N2O3S/c8-7(9,10)15-6-3-1-5(2-4-6)12-16(11,13)14/h1-4,12H,(H2,11,13,14). The van der Waals surface area contributed by atoms with Crippen molar-refractivity contribution in [3.63, 3.8) is 0 Å². The molecule has 1 rings (SSSR count). The lowest BCUT2D eigenvalue weighted by molar-refractivity contribution is -0.274. The predicted molar refractivity (Wildman–Crippen MR) is 49.9 cm³/mol. The van der Waals surface area contributed by atoms with E-state index in [1.165, 1.54) is 0 Å². The van der Waals surface area contributed by atoms with Gasteiger partial charge < -0.3 is 4.74 Å². The highest BCUT2D eigenvalue weighted by Crippen LogP contribution is 2.23. The van der Waals surface area contributed by atoms with Crippen molar-refractivity contribution in [1.82, 2.24) is 0 Å². The van der Waals surface area contributed by atoms with Crippen LogP contribution in [0.1, 0.15) is 0 Å². The molecule has 0 fully saturated rings. The van der Waals surface area contributed by atoms with Gasteiger partial charge >= 0.3 is 6.36 Å². The Kier molecular flexibility index (Phi) is 3.29. The minimum Gasteiger partial charge on any atom is -0.406 e. The van der Waals surface area contributed by atoms with Crippen molar-refractivity contribution < 1.29 is 26.3 Å². The van der Waals surface area contributed by atoms with E-state index in [1.807, 2.05) is 4.72 Å².